The molecule has 186 valence electrons. The minimum Gasteiger partial charge on any atom is -0.488 e. The number of aromatic nitrogens is 3. The van der Waals surface area contributed by atoms with Gasteiger partial charge in [-0.15, -0.1) is 0 Å². The third-order valence-electron chi connectivity index (χ3n) is 4.94. The van der Waals surface area contributed by atoms with E-state index in [1.54, 1.807) is 24.3 Å². The summed E-state index contributed by atoms with van der Waals surface area (Å²) in [6.45, 7) is 0.649. The van der Waals surface area contributed by atoms with E-state index in [0.29, 0.717) is 16.3 Å². The molecule has 0 aliphatic carbocycles. The number of nitrogens with one attached hydrogen (secondary N) is 1. The first-order valence-electron chi connectivity index (χ1n) is 10.5. The fourth-order valence-electron chi connectivity index (χ4n) is 3.17. The van der Waals surface area contributed by atoms with Gasteiger partial charge in [0.25, 0.3) is 6.43 Å². The van der Waals surface area contributed by atoms with Crippen LogP contribution in [0.3, 0.4) is 0 Å². The lowest BCUT2D eigenvalue weighted by atomic mass is 10.2. The van der Waals surface area contributed by atoms with Crippen LogP contribution < -0.4 is 21.7 Å². The molecule has 0 saturated heterocycles. The third-order valence-corrected chi connectivity index (χ3v) is 5.19. The second-order valence-electron chi connectivity index (χ2n) is 7.59. The van der Waals surface area contributed by atoms with Gasteiger partial charge in [-0.3, -0.25) is 14.3 Å². The number of nitrogens with zero attached hydrogens (tertiary/aromatic N) is 3. The first-order chi connectivity index (χ1) is 16.7. The van der Waals surface area contributed by atoms with Gasteiger partial charge in [-0.05, 0) is 42.0 Å². The molecule has 0 saturated carbocycles. The standard InChI is InChI=1S/C23H23ClF2N4O5/c1-14(20(31)34-2)11-30-22(32)28-21(27-17-7-9-18(10-8-17)35-13-19(25)26)29(23(30)33)12-15-3-5-16(24)6-4-15/h3-10,14,19H,11-13H2,1-2H3,(H,27,28,32)/t14-/m0/s1. The Balaban J connectivity index is 2.07. The molecule has 0 unspecified atom stereocenters. The molecule has 0 aliphatic rings. The summed E-state index contributed by atoms with van der Waals surface area (Å²) in [7, 11) is 1.22. The van der Waals surface area contributed by atoms with Crippen molar-refractivity contribution in [1.82, 2.24) is 14.1 Å². The van der Waals surface area contributed by atoms with Crippen molar-refractivity contribution in [1.29, 1.82) is 0 Å². The normalized spacial score (nSPS) is 12.6. The van der Waals surface area contributed by atoms with Crippen LogP contribution in [0.2, 0.25) is 5.02 Å². The van der Waals surface area contributed by atoms with E-state index in [-0.39, 0.29) is 24.5 Å². The highest BCUT2D eigenvalue weighted by Gasteiger charge is 2.18. The maximum Gasteiger partial charge on any atom is 0.335 e. The molecule has 0 amide bonds. The maximum absolute atomic E-state index is 13.3. The fourth-order valence-corrected chi connectivity index (χ4v) is 3.29. The highest BCUT2D eigenvalue weighted by atomic mass is 35.5. The van der Waals surface area contributed by atoms with Crippen molar-refractivity contribution in [3.8, 4) is 5.75 Å². The summed E-state index contributed by atoms with van der Waals surface area (Å²) in [6.07, 6.45) is -2.61. The molecule has 2 aromatic carbocycles. The summed E-state index contributed by atoms with van der Waals surface area (Å²) < 4.78 is 36.5. The van der Waals surface area contributed by atoms with Crippen molar-refractivity contribution in [2.45, 2.75) is 26.4 Å². The molecule has 1 N–H and O–H groups in total. The van der Waals surface area contributed by atoms with Gasteiger partial charge in [0.05, 0.1) is 25.3 Å². The van der Waals surface area contributed by atoms with Gasteiger partial charge in [-0.1, -0.05) is 30.7 Å². The lowest BCUT2D eigenvalue weighted by Gasteiger charge is -2.14. The topological polar surface area (TPSA) is 108 Å². The van der Waals surface area contributed by atoms with Gasteiger partial charge in [-0.25, -0.2) is 27.9 Å². The molecule has 3 rings (SSSR count). The van der Waals surface area contributed by atoms with E-state index in [2.05, 4.69) is 14.7 Å². The maximum atomic E-state index is 13.3. The second kappa shape index (κ2) is 11.6. The minimum atomic E-state index is -2.61. The molecule has 12 heteroatoms. The Morgan fingerprint density at radius 3 is 2.34 bits per heavy atom. The number of halogens is 3. The first-order valence-corrected chi connectivity index (χ1v) is 10.9. The van der Waals surface area contributed by atoms with Crippen LogP contribution in [0.5, 0.6) is 5.75 Å². The predicted octanol–water partition coefficient (Wildman–Crippen LogP) is 2.73. The van der Waals surface area contributed by atoms with Crippen LogP contribution in [0, 0.1) is 5.92 Å². The third kappa shape index (κ3) is 6.89. The number of H-pyrrole nitrogens is 1. The van der Waals surface area contributed by atoms with E-state index in [0.717, 1.165) is 4.57 Å². The van der Waals surface area contributed by atoms with Crippen LogP contribution in [0.15, 0.2) is 63.1 Å². The summed E-state index contributed by atoms with van der Waals surface area (Å²) in [5, 5.41) is 0.517. The van der Waals surface area contributed by atoms with Gasteiger partial charge >= 0.3 is 17.3 Å². The number of carbonyl (C=O) groups excluding carboxylic acids is 1. The van der Waals surface area contributed by atoms with Crippen LogP contribution in [-0.4, -0.2) is 40.2 Å². The molecule has 0 spiro atoms. The Kier molecular flexibility index (Phi) is 8.58. The second-order valence-corrected chi connectivity index (χ2v) is 8.03. The van der Waals surface area contributed by atoms with Crippen LogP contribution >= 0.6 is 11.6 Å². The van der Waals surface area contributed by atoms with Crippen molar-refractivity contribution in [3.63, 3.8) is 0 Å². The largest absolute Gasteiger partial charge is 0.488 e. The highest BCUT2D eigenvalue weighted by Crippen LogP contribution is 2.18. The molecule has 1 atom stereocenters. The first kappa shape index (κ1) is 25.9. The molecular formula is C23H23ClF2N4O5. The molecule has 1 heterocycles. The number of hydrogen-bond acceptors (Lipinski definition) is 6. The zero-order valence-corrected chi connectivity index (χ0v) is 19.7. The molecule has 35 heavy (non-hydrogen) atoms. The van der Waals surface area contributed by atoms with Crippen LogP contribution in [-0.2, 0) is 22.6 Å². The van der Waals surface area contributed by atoms with E-state index >= 15 is 0 Å². The summed E-state index contributed by atoms with van der Waals surface area (Å²) in [5.74, 6) is -1.09. The molecule has 0 aliphatic heterocycles. The number of hydrogen-bond donors (Lipinski definition) is 1. The monoisotopic (exact) mass is 508 g/mol. The van der Waals surface area contributed by atoms with Gasteiger partial charge < -0.3 is 9.47 Å². The quantitative estimate of drug-likeness (QED) is 0.447. The molecule has 1 aromatic heterocycles. The van der Waals surface area contributed by atoms with E-state index in [4.69, 9.17) is 16.3 Å². The number of alkyl halides is 2. The van der Waals surface area contributed by atoms with Crippen LogP contribution in [0.4, 0.5) is 14.5 Å². The van der Waals surface area contributed by atoms with Crippen molar-refractivity contribution in [3.05, 3.63) is 85.7 Å². The number of ether oxygens (including phenoxy) is 2. The van der Waals surface area contributed by atoms with Crippen LogP contribution in [0.25, 0.3) is 0 Å². The lowest BCUT2D eigenvalue weighted by molar-refractivity contribution is -0.145. The Labute approximate surface area is 203 Å². The Morgan fingerprint density at radius 2 is 1.74 bits per heavy atom. The SMILES string of the molecule is COC(=O)[C@@H](C)Cn1c(=O)[nH]/c(=N\c2ccc(OCC(F)F)cc2)n(Cc2ccc(Cl)cc2)c1=O. The molecule has 3 aromatic rings. The molecular weight excluding hydrogens is 486 g/mol. The van der Waals surface area contributed by atoms with E-state index in [1.165, 1.54) is 42.9 Å². The highest BCUT2D eigenvalue weighted by molar-refractivity contribution is 6.30. The molecule has 0 fully saturated rings. The average Bonchev–Trinajstić information content (AvgIpc) is 2.84. The van der Waals surface area contributed by atoms with Gasteiger partial charge in [0, 0.05) is 11.6 Å². The number of benzene rings is 2. The molecule has 0 bridgehead atoms. The zero-order chi connectivity index (χ0) is 25.5. The van der Waals surface area contributed by atoms with Crippen molar-refractivity contribution in [2.75, 3.05) is 13.7 Å². The number of rotatable bonds is 9. The minimum absolute atomic E-state index is 0.0434. The Bertz CT molecular complexity index is 1350. The number of methoxy groups -OCH3 is 1. The van der Waals surface area contributed by atoms with Gasteiger partial charge in [0.15, 0.2) is 0 Å². The van der Waals surface area contributed by atoms with E-state index < -0.39 is 36.3 Å². The van der Waals surface area contributed by atoms with Crippen LogP contribution in [0.1, 0.15) is 12.5 Å². The number of esters is 1. The predicted molar refractivity (Wildman–Crippen MR) is 124 cm³/mol. The van der Waals surface area contributed by atoms with Crippen molar-refractivity contribution in [2.24, 2.45) is 10.9 Å². The van der Waals surface area contributed by atoms with E-state index in [9.17, 15) is 23.2 Å². The lowest BCUT2D eigenvalue weighted by Crippen LogP contribution is -2.51. The van der Waals surface area contributed by atoms with Gasteiger partial charge in [0.1, 0.15) is 12.4 Å². The summed E-state index contributed by atoms with van der Waals surface area (Å²) in [5.41, 5.74) is -0.430. The molecule has 9 nitrogen and oxygen atoms in total. The Hall–Kier alpha value is -3.73. The number of aromatic amines is 1. The van der Waals surface area contributed by atoms with Gasteiger partial charge in [-0.2, -0.15) is 0 Å². The van der Waals surface area contributed by atoms with Crippen molar-refractivity contribution >= 4 is 23.3 Å². The smallest absolute Gasteiger partial charge is 0.335 e. The summed E-state index contributed by atoms with van der Waals surface area (Å²) in [6, 6.07) is 12.7. The number of carbonyl (C=O) groups is 1. The average molecular weight is 509 g/mol. The van der Waals surface area contributed by atoms with Crippen molar-refractivity contribution < 1.29 is 23.0 Å². The summed E-state index contributed by atoms with van der Waals surface area (Å²) in [4.78, 5) is 44.8. The fraction of sp³-hybridized carbons (Fsp3) is 0.304. The summed E-state index contributed by atoms with van der Waals surface area (Å²) >= 11 is 5.95. The molecule has 0 radical (unpaired) electrons. The van der Waals surface area contributed by atoms with Gasteiger partial charge in [0.2, 0.25) is 5.62 Å². The Morgan fingerprint density at radius 1 is 1.09 bits per heavy atom. The zero-order valence-electron chi connectivity index (χ0n) is 18.9. The van der Waals surface area contributed by atoms with E-state index in [1.807, 2.05) is 0 Å².